The van der Waals surface area contributed by atoms with Crippen molar-refractivity contribution in [2.75, 3.05) is 38.7 Å². The summed E-state index contributed by atoms with van der Waals surface area (Å²) in [6.07, 6.45) is 2.41. The second-order valence-electron chi connectivity index (χ2n) is 7.07. The number of hydrogen-bond donors (Lipinski definition) is 1. The number of para-hydroxylation sites is 1. The summed E-state index contributed by atoms with van der Waals surface area (Å²) in [5.74, 6) is 0.890. The molecule has 1 atom stereocenters. The molecule has 1 N–H and O–H groups in total. The first-order chi connectivity index (χ1) is 14.7. The highest BCUT2D eigenvalue weighted by Gasteiger charge is 2.30. The number of nitrogens with zero attached hydrogens (tertiary/aromatic N) is 1. The van der Waals surface area contributed by atoms with E-state index >= 15 is 0 Å². The first kappa shape index (κ1) is 20.7. The minimum Gasteiger partial charge on any atom is -0.496 e. The average Bonchev–Trinajstić information content (AvgIpc) is 3.46. The summed E-state index contributed by atoms with van der Waals surface area (Å²) in [4.78, 5) is 16.3. The van der Waals surface area contributed by atoms with E-state index < -0.39 is 0 Å². The molecule has 1 fully saturated rings. The van der Waals surface area contributed by atoms with Gasteiger partial charge in [0.1, 0.15) is 10.8 Å². The molecule has 0 radical (unpaired) electrons. The smallest absolute Gasteiger partial charge is 0.291 e. The van der Waals surface area contributed by atoms with Gasteiger partial charge in [-0.25, -0.2) is 0 Å². The fourth-order valence-corrected chi connectivity index (χ4v) is 4.82. The van der Waals surface area contributed by atoms with E-state index in [1.165, 1.54) is 11.1 Å². The number of furan rings is 1. The van der Waals surface area contributed by atoms with Crippen molar-refractivity contribution in [3.63, 3.8) is 0 Å². The average molecular weight is 427 g/mol. The minimum absolute atomic E-state index is 0.0477. The van der Waals surface area contributed by atoms with Gasteiger partial charge >= 0.3 is 0 Å². The summed E-state index contributed by atoms with van der Waals surface area (Å²) in [5, 5.41) is 3.92. The lowest BCUT2D eigenvalue weighted by Gasteiger charge is -2.35. The van der Waals surface area contributed by atoms with E-state index in [-0.39, 0.29) is 11.9 Å². The summed E-state index contributed by atoms with van der Waals surface area (Å²) in [7, 11) is 1.69. The number of hydrogen-bond acceptors (Lipinski definition) is 6. The zero-order valence-corrected chi connectivity index (χ0v) is 18.0. The fraction of sp³-hybridized carbons (Fsp3) is 0.348. The molecule has 4 rings (SSSR count). The minimum atomic E-state index is -0.244. The topological polar surface area (TPSA) is 63.9 Å². The third-order valence-electron chi connectivity index (χ3n) is 5.27. The fourth-order valence-electron chi connectivity index (χ4n) is 3.79. The number of ether oxygens (including phenoxy) is 2. The quantitative estimate of drug-likeness (QED) is 0.599. The second kappa shape index (κ2) is 9.47. The van der Waals surface area contributed by atoms with Crippen LogP contribution in [0.5, 0.6) is 5.75 Å². The maximum Gasteiger partial charge on any atom is 0.291 e. The summed E-state index contributed by atoms with van der Waals surface area (Å²) < 4.78 is 16.6. The van der Waals surface area contributed by atoms with Crippen molar-refractivity contribution in [1.82, 2.24) is 4.90 Å². The summed E-state index contributed by atoms with van der Waals surface area (Å²) >= 11 is 1.61. The Morgan fingerprint density at radius 1 is 1.20 bits per heavy atom. The van der Waals surface area contributed by atoms with Crippen LogP contribution in [-0.2, 0) is 11.2 Å². The van der Waals surface area contributed by atoms with Gasteiger partial charge in [0.25, 0.3) is 5.91 Å². The van der Waals surface area contributed by atoms with E-state index in [0.717, 1.165) is 41.4 Å². The predicted octanol–water partition coefficient (Wildman–Crippen LogP) is 4.59. The van der Waals surface area contributed by atoms with E-state index in [0.29, 0.717) is 19.0 Å². The van der Waals surface area contributed by atoms with Crippen LogP contribution in [0, 0.1) is 0 Å². The van der Waals surface area contributed by atoms with Crippen molar-refractivity contribution in [3.05, 3.63) is 70.5 Å². The lowest BCUT2D eigenvalue weighted by Crippen LogP contribution is -2.39. The number of thiophene rings is 1. The van der Waals surface area contributed by atoms with Gasteiger partial charge in [-0.3, -0.25) is 9.69 Å². The predicted molar refractivity (Wildman–Crippen MR) is 118 cm³/mol. The van der Waals surface area contributed by atoms with Crippen molar-refractivity contribution in [2.24, 2.45) is 0 Å². The molecule has 2 aromatic heterocycles. The molecular weight excluding hydrogens is 400 g/mol. The molecule has 1 aliphatic rings. The standard InChI is InChI=1S/C23H26N2O4S/c1-3-16-15-18(23(30-16)24-22(26)20-9-6-12-29-20)21(25-10-13-28-14-11-25)17-7-4-5-8-19(17)27-2/h4-9,12,15,21H,3,10-11,13-14H2,1-2H3,(H,24,26). The Morgan fingerprint density at radius 2 is 2.00 bits per heavy atom. The molecule has 3 aromatic rings. The van der Waals surface area contributed by atoms with Crippen LogP contribution in [0.3, 0.4) is 0 Å². The van der Waals surface area contributed by atoms with Crippen LogP contribution >= 0.6 is 11.3 Å². The van der Waals surface area contributed by atoms with Crippen molar-refractivity contribution in [2.45, 2.75) is 19.4 Å². The van der Waals surface area contributed by atoms with Gasteiger partial charge in [0.2, 0.25) is 0 Å². The molecule has 1 amide bonds. The summed E-state index contributed by atoms with van der Waals surface area (Å²) in [5.41, 5.74) is 2.15. The van der Waals surface area contributed by atoms with Crippen LogP contribution in [0.4, 0.5) is 5.00 Å². The molecule has 3 heterocycles. The van der Waals surface area contributed by atoms with Gasteiger partial charge in [-0.1, -0.05) is 25.1 Å². The Hall–Kier alpha value is -2.61. The number of carbonyl (C=O) groups is 1. The van der Waals surface area contributed by atoms with Crippen molar-refractivity contribution in [3.8, 4) is 5.75 Å². The van der Waals surface area contributed by atoms with Gasteiger partial charge in [0.15, 0.2) is 5.76 Å². The SMILES string of the molecule is CCc1cc(C(c2ccccc2OC)N2CCOCC2)c(NC(=O)c2ccco2)s1. The number of morpholine rings is 1. The molecule has 158 valence electrons. The van der Waals surface area contributed by atoms with Gasteiger partial charge in [0, 0.05) is 29.1 Å². The number of nitrogens with one attached hydrogen (secondary N) is 1. The van der Waals surface area contributed by atoms with Crippen molar-refractivity contribution >= 4 is 22.2 Å². The largest absolute Gasteiger partial charge is 0.496 e. The first-order valence-corrected chi connectivity index (χ1v) is 10.9. The number of aryl methyl sites for hydroxylation is 1. The summed E-state index contributed by atoms with van der Waals surface area (Å²) in [6.45, 7) is 5.12. The lowest BCUT2D eigenvalue weighted by atomic mass is 9.96. The maximum absolute atomic E-state index is 12.7. The number of anilines is 1. The molecule has 0 spiro atoms. The van der Waals surface area contributed by atoms with Gasteiger partial charge < -0.3 is 19.2 Å². The number of methoxy groups -OCH3 is 1. The monoisotopic (exact) mass is 426 g/mol. The van der Waals surface area contributed by atoms with Crippen molar-refractivity contribution < 1.29 is 18.7 Å². The molecule has 30 heavy (non-hydrogen) atoms. The van der Waals surface area contributed by atoms with Gasteiger partial charge in [-0.05, 0) is 30.7 Å². The van der Waals surface area contributed by atoms with Crippen LogP contribution in [0.25, 0.3) is 0 Å². The molecule has 1 aromatic carbocycles. The molecule has 7 heteroatoms. The summed E-state index contributed by atoms with van der Waals surface area (Å²) in [6, 6.07) is 13.6. The van der Waals surface area contributed by atoms with Crippen molar-refractivity contribution in [1.29, 1.82) is 0 Å². The van der Waals surface area contributed by atoms with Crippen LogP contribution in [-0.4, -0.2) is 44.2 Å². The Balaban J connectivity index is 1.78. The molecule has 6 nitrogen and oxygen atoms in total. The first-order valence-electron chi connectivity index (χ1n) is 10.1. The number of carbonyl (C=O) groups excluding carboxylic acids is 1. The highest BCUT2D eigenvalue weighted by atomic mass is 32.1. The number of amides is 1. The Kier molecular flexibility index (Phi) is 6.52. The molecule has 1 saturated heterocycles. The van der Waals surface area contributed by atoms with E-state index in [4.69, 9.17) is 13.9 Å². The molecule has 0 saturated carbocycles. The highest BCUT2D eigenvalue weighted by molar-refractivity contribution is 7.16. The van der Waals surface area contributed by atoms with E-state index in [1.54, 1.807) is 30.6 Å². The van der Waals surface area contributed by atoms with Crippen LogP contribution < -0.4 is 10.1 Å². The Morgan fingerprint density at radius 3 is 2.70 bits per heavy atom. The molecular formula is C23H26N2O4S. The molecule has 0 bridgehead atoms. The highest BCUT2D eigenvalue weighted by Crippen LogP contribution is 2.42. The molecule has 1 unspecified atom stereocenters. The Bertz CT molecular complexity index is 977. The van der Waals surface area contributed by atoms with Crippen LogP contribution in [0.1, 0.15) is 39.5 Å². The van der Waals surface area contributed by atoms with Crippen LogP contribution in [0.2, 0.25) is 0 Å². The third kappa shape index (κ3) is 4.28. The third-order valence-corrected chi connectivity index (χ3v) is 6.48. The molecule has 1 aliphatic heterocycles. The van der Waals surface area contributed by atoms with Crippen LogP contribution in [0.15, 0.2) is 53.1 Å². The van der Waals surface area contributed by atoms with E-state index in [2.05, 4.69) is 29.3 Å². The van der Waals surface area contributed by atoms with Gasteiger partial charge in [0.05, 0.1) is 32.6 Å². The van der Waals surface area contributed by atoms with Gasteiger partial charge in [-0.15, -0.1) is 11.3 Å². The van der Waals surface area contributed by atoms with Gasteiger partial charge in [-0.2, -0.15) is 0 Å². The maximum atomic E-state index is 12.7. The zero-order chi connectivity index (χ0) is 20.9. The normalized spacial score (nSPS) is 15.7. The molecule has 0 aliphatic carbocycles. The lowest BCUT2D eigenvalue weighted by molar-refractivity contribution is 0.0237. The second-order valence-corrected chi connectivity index (χ2v) is 8.21. The number of rotatable bonds is 7. The Labute approximate surface area is 180 Å². The zero-order valence-electron chi connectivity index (χ0n) is 17.2. The number of benzene rings is 1. The van der Waals surface area contributed by atoms with E-state index in [1.807, 2.05) is 18.2 Å². The van der Waals surface area contributed by atoms with E-state index in [9.17, 15) is 4.79 Å².